The zero-order valence-corrected chi connectivity index (χ0v) is 28.6. The van der Waals surface area contributed by atoms with Gasteiger partial charge in [0.15, 0.2) is 8.32 Å². The molecule has 3 nitrogen and oxygen atoms in total. The molecule has 3 aliphatic carbocycles. The van der Waals surface area contributed by atoms with Crippen molar-refractivity contribution >= 4 is 13.9 Å². The summed E-state index contributed by atoms with van der Waals surface area (Å²) in [4.78, 5) is 5.52. The van der Waals surface area contributed by atoms with Gasteiger partial charge in [0.2, 0.25) is 0 Å². The summed E-state index contributed by atoms with van der Waals surface area (Å²) in [6.45, 7) is 23.0. The summed E-state index contributed by atoms with van der Waals surface area (Å²) in [7, 11) is -2.05. The molecule has 0 amide bonds. The van der Waals surface area contributed by atoms with Crippen LogP contribution in [0.3, 0.4) is 0 Å². The van der Waals surface area contributed by atoms with Crippen molar-refractivity contribution in [2.24, 2.45) is 5.41 Å². The Morgan fingerprint density at radius 2 is 1.66 bits per heavy atom. The topological polar surface area (TPSA) is 42.4 Å². The molecule has 1 spiro atoms. The summed E-state index contributed by atoms with van der Waals surface area (Å²) < 4.78 is 7.39. The number of nitrogens with zero attached hydrogens (tertiary/aromatic N) is 1. The van der Waals surface area contributed by atoms with E-state index in [1.807, 2.05) is 0 Å². The smallest absolute Gasteiger partial charge is 0.192 e. The number of rotatable bonds is 6. The van der Waals surface area contributed by atoms with Crippen LogP contribution in [-0.4, -0.2) is 18.4 Å². The highest BCUT2D eigenvalue weighted by Crippen LogP contribution is 2.58. The van der Waals surface area contributed by atoms with Crippen LogP contribution in [0.5, 0.6) is 0 Å². The minimum Gasteiger partial charge on any atom is -0.410 e. The van der Waals surface area contributed by atoms with Crippen molar-refractivity contribution in [1.82, 2.24) is 4.98 Å². The second-order valence-corrected chi connectivity index (χ2v) is 21.1. The summed E-state index contributed by atoms with van der Waals surface area (Å²) >= 11 is 0. The second-order valence-electron chi connectivity index (χ2n) is 16.3. The van der Waals surface area contributed by atoms with Crippen LogP contribution in [0.4, 0.5) is 0 Å². The summed E-state index contributed by atoms with van der Waals surface area (Å²) in [6, 6.07) is 8.65. The minimum absolute atomic E-state index is 0.0411. The molecule has 0 aliphatic heterocycles. The van der Waals surface area contributed by atoms with Gasteiger partial charge in [0.05, 0.1) is 6.10 Å². The maximum atomic E-state index is 12.3. The first-order valence-corrected chi connectivity index (χ1v) is 19.2. The molecule has 224 valence electrons. The van der Waals surface area contributed by atoms with E-state index in [2.05, 4.69) is 98.8 Å². The Bertz CT molecular complexity index is 1300. The van der Waals surface area contributed by atoms with Crippen LogP contribution >= 0.6 is 0 Å². The number of benzene rings is 1. The summed E-state index contributed by atoms with van der Waals surface area (Å²) in [6.07, 6.45) is 11.1. The molecule has 0 radical (unpaired) electrons. The van der Waals surface area contributed by atoms with Gasteiger partial charge >= 0.3 is 0 Å². The fourth-order valence-electron chi connectivity index (χ4n) is 7.07. The molecule has 1 saturated carbocycles. The number of allylic oxidation sites excluding steroid dienone is 2. The summed E-state index contributed by atoms with van der Waals surface area (Å²) in [5.41, 5.74) is 9.99. The monoisotopic (exact) mass is 573 g/mol. The Labute approximate surface area is 251 Å². The van der Waals surface area contributed by atoms with Crippen molar-refractivity contribution in [3.63, 3.8) is 0 Å². The highest BCUT2D eigenvalue weighted by Gasteiger charge is 2.49. The number of hydrogen-bond acceptors (Lipinski definition) is 3. The lowest BCUT2D eigenvalue weighted by Crippen LogP contribution is -2.46. The van der Waals surface area contributed by atoms with Gasteiger partial charge in [-0.3, -0.25) is 4.98 Å². The normalized spacial score (nSPS) is 21.6. The third kappa shape index (κ3) is 5.78. The summed E-state index contributed by atoms with van der Waals surface area (Å²) in [5, 5.41) is 12.4. The van der Waals surface area contributed by atoms with Crippen molar-refractivity contribution < 1.29 is 9.53 Å². The predicted octanol–water partition coefficient (Wildman–Crippen LogP) is 10.3. The SMILES string of the molecule is CC(C)c1nc2c(c(C3=CCCC3)c1C(O)c1ccc(C(C)(C)C)cc1)[C@@H](O[Si](C)(C)C(C)(C)C)CC1(CCC1)C2. The molecule has 2 aromatic rings. The fourth-order valence-corrected chi connectivity index (χ4v) is 8.34. The quantitative estimate of drug-likeness (QED) is 0.350. The Hall–Kier alpha value is -1.75. The lowest BCUT2D eigenvalue weighted by Gasteiger charge is -2.51. The van der Waals surface area contributed by atoms with Gasteiger partial charge in [-0.1, -0.05) is 92.2 Å². The first kappa shape index (κ1) is 30.7. The number of aliphatic hydroxyl groups excluding tert-OH is 1. The summed E-state index contributed by atoms with van der Waals surface area (Å²) in [5.74, 6) is 0.221. The van der Waals surface area contributed by atoms with E-state index in [1.165, 1.54) is 53.6 Å². The van der Waals surface area contributed by atoms with Gasteiger partial charge in [0.25, 0.3) is 0 Å². The molecule has 2 atom stereocenters. The standard InChI is InChI=1S/C37H55NO2Si/c1-24(2)33-32(34(39)26-16-18-27(19-17-26)35(3,4)5)30(25-14-11-12-15-25)31-28(38-33)22-37(20-13-21-37)23-29(31)40-41(9,10)36(6,7)8/h14,16-19,24,29,34,39H,11-13,15,20-23H2,1-10H3/t29-,34?/m0/s1. The maximum Gasteiger partial charge on any atom is 0.192 e. The first-order chi connectivity index (χ1) is 19.0. The fraction of sp³-hybridized carbons (Fsp3) is 0.649. The molecular weight excluding hydrogens is 518 g/mol. The molecule has 3 aliphatic rings. The van der Waals surface area contributed by atoms with E-state index in [0.717, 1.165) is 42.5 Å². The maximum absolute atomic E-state index is 12.3. The molecule has 0 saturated heterocycles. The lowest BCUT2D eigenvalue weighted by atomic mass is 9.59. The number of fused-ring (bicyclic) bond motifs is 1. The Morgan fingerprint density at radius 3 is 2.15 bits per heavy atom. The Balaban J connectivity index is 1.73. The zero-order valence-electron chi connectivity index (χ0n) is 27.6. The number of aliphatic hydroxyl groups is 1. The van der Waals surface area contributed by atoms with Gasteiger partial charge in [-0.05, 0) is 102 Å². The van der Waals surface area contributed by atoms with E-state index in [9.17, 15) is 5.11 Å². The van der Waals surface area contributed by atoms with Crippen LogP contribution in [0.1, 0.15) is 158 Å². The average molecular weight is 574 g/mol. The van der Waals surface area contributed by atoms with Gasteiger partial charge in [-0.2, -0.15) is 0 Å². The molecule has 1 aromatic heterocycles. The van der Waals surface area contributed by atoms with Gasteiger partial charge in [-0.15, -0.1) is 0 Å². The van der Waals surface area contributed by atoms with Gasteiger partial charge in [0, 0.05) is 22.5 Å². The molecule has 5 rings (SSSR count). The van der Waals surface area contributed by atoms with E-state index in [-0.39, 0.29) is 22.5 Å². The van der Waals surface area contributed by atoms with E-state index >= 15 is 0 Å². The Kier molecular flexibility index (Phi) is 8.05. The van der Waals surface area contributed by atoms with Crippen LogP contribution in [-0.2, 0) is 16.3 Å². The molecule has 4 heteroatoms. The second kappa shape index (κ2) is 10.8. The highest BCUT2D eigenvalue weighted by atomic mass is 28.4. The molecule has 1 fully saturated rings. The molecule has 1 aromatic carbocycles. The van der Waals surface area contributed by atoms with Crippen LogP contribution < -0.4 is 0 Å². The minimum atomic E-state index is -2.05. The molecule has 41 heavy (non-hydrogen) atoms. The molecule has 1 unspecified atom stereocenters. The average Bonchev–Trinajstić information content (AvgIpc) is 3.39. The molecular formula is C37H55NO2Si. The zero-order chi connectivity index (χ0) is 30.0. The van der Waals surface area contributed by atoms with Crippen molar-refractivity contribution in [2.75, 3.05) is 0 Å². The third-order valence-electron chi connectivity index (χ3n) is 10.8. The largest absolute Gasteiger partial charge is 0.410 e. The van der Waals surface area contributed by atoms with Crippen LogP contribution in [0.2, 0.25) is 18.1 Å². The van der Waals surface area contributed by atoms with E-state index < -0.39 is 14.4 Å². The van der Waals surface area contributed by atoms with Crippen LogP contribution in [0.15, 0.2) is 30.3 Å². The highest BCUT2D eigenvalue weighted by molar-refractivity contribution is 6.74. The van der Waals surface area contributed by atoms with Crippen molar-refractivity contribution in [3.8, 4) is 0 Å². The van der Waals surface area contributed by atoms with E-state index in [4.69, 9.17) is 9.41 Å². The molecule has 1 heterocycles. The molecule has 1 N–H and O–H groups in total. The van der Waals surface area contributed by atoms with Crippen molar-refractivity contribution in [1.29, 1.82) is 0 Å². The van der Waals surface area contributed by atoms with Crippen molar-refractivity contribution in [3.05, 3.63) is 69.5 Å². The number of pyridine rings is 1. The number of aromatic nitrogens is 1. The lowest BCUT2D eigenvalue weighted by molar-refractivity contribution is 0.0296. The number of hydrogen-bond donors (Lipinski definition) is 1. The Morgan fingerprint density at radius 1 is 1.00 bits per heavy atom. The van der Waals surface area contributed by atoms with Gasteiger partial charge in [0.1, 0.15) is 6.10 Å². The third-order valence-corrected chi connectivity index (χ3v) is 15.3. The van der Waals surface area contributed by atoms with E-state index in [1.54, 1.807) is 0 Å². The van der Waals surface area contributed by atoms with Crippen LogP contribution in [0, 0.1) is 5.41 Å². The molecule has 0 bridgehead atoms. The van der Waals surface area contributed by atoms with Crippen LogP contribution in [0.25, 0.3) is 5.57 Å². The van der Waals surface area contributed by atoms with Gasteiger partial charge < -0.3 is 9.53 Å². The van der Waals surface area contributed by atoms with Gasteiger partial charge in [-0.25, -0.2) is 0 Å². The first-order valence-electron chi connectivity index (χ1n) is 16.3. The van der Waals surface area contributed by atoms with E-state index in [0.29, 0.717) is 5.41 Å². The van der Waals surface area contributed by atoms with Crippen molar-refractivity contribution in [2.45, 2.75) is 148 Å². The predicted molar refractivity (Wildman–Crippen MR) is 175 cm³/mol.